The van der Waals surface area contributed by atoms with Gasteiger partial charge in [-0.2, -0.15) is 0 Å². The lowest BCUT2D eigenvalue weighted by atomic mass is 9.94. The maximum absolute atomic E-state index is 13.1. The van der Waals surface area contributed by atoms with E-state index in [-0.39, 0.29) is 11.9 Å². The quantitative estimate of drug-likeness (QED) is 0.517. The number of hydrogen-bond donors (Lipinski definition) is 0. The molecule has 0 spiro atoms. The molecule has 0 unspecified atom stereocenters. The van der Waals surface area contributed by atoms with Gasteiger partial charge in [0.15, 0.2) is 5.11 Å². The topological polar surface area (TPSA) is 32.8 Å². The van der Waals surface area contributed by atoms with Gasteiger partial charge in [-0.1, -0.05) is 61.7 Å². The number of carbonyl (C=O) groups is 1. The standard InChI is InChI=1S/C24H26N2O2S/c1-25-22(23(27)26(24(25)29)20-10-6-3-7-11-20)16-18-12-14-21(15-13-18)28-17-19-8-4-2-5-9-19/h2,4-5,8-9,12-16,20H,3,6-7,10-11,17H2,1H3. The van der Waals surface area contributed by atoms with Crippen molar-refractivity contribution < 1.29 is 9.53 Å². The SMILES string of the molecule is CN1C(=S)N(C2CCCCC2)C(=O)C1=Cc1ccc(OCc2ccccc2)cc1. The van der Waals surface area contributed by atoms with Gasteiger partial charge < -0.3 is 9.64 Å². The minimum atomic E-state index is 0.0220. The van der Waals surface area contributed by atoms with Crippen molar-refractivity contribution in [2.45, 2.75) is 44.8 Å². The predicted molar refractivity (Wildman–Crippen MR) is 119 cm³/mol. The van der Waals surface area contributed by atoms with Gasteiger partial charge in [0, 0.05) is 13.1 Å². The first-order chi connectivity index (χ1) is 14.1. The number of amides is 1. The summed E-state index contributed by atoms with van der Waals surface area (Å²) in [5.74, 6) is 0.829. The summed E-state index contributed by atoms with van der Waals surface area (Å²) in [5, 5.41) is 0.621. The Hall–Kier alpha value is -2.66. The Morgan fingerprint density at radius 3 is 2.41 bits per heavy atom. The van der Waals surface area contributed by atoms with Gasteiger partial charge >= 0.3 is 0 Å². The molecule has 5 heteroatoms. The first-order valence-electron chi connectivity index (χ1n) is 10.2. The zero-order valence-corrected chi connectivity index (χ0v) is 17.5. The molecule has 2 aromatic carbocycles. The van der Waals surface area contributed by atoms with Gasteiger partial charge in [-0.3, -0.25) is 9.69 Å². The highest BCUT2D eigenvalue weighted by molar-refractivity contribution is 7.80. The first-order valence-corrected chi connectivity index (χ1v) is 10.6. The number of likely N-dealkylation sites (N-methyl/N-ethyl adjacent to an activating group) is 1. The molecule has 1 aliphatic carbocycles. The van der Waals surface area contributed by atoms with E-state index in [0.717, 1.165) is 29.7 Å². The number of benzene rings is 2. The highest BCUT2D eigenvalue weighted by Crippen LogP contribution is 2.30. The highest BCUT2D eigenvalue weighted by Gasteiger charge is 2.40. The third kappa shape index (κ3) is 4.35. The van der Waals surface area contributed by atoms with E-state index >= 15 is 0 Å². The maximum atomic E-state index is 13.1. The predicted octanol–water partition coefficient (Wildman–Crippen LogP) is 5.00. The summed E-state index contributed by atoms with van der Waals surface area (Å²) in [6.07, 6.45) is 7.59. The summed E-state index contributed by atoms with van der Waals surface area (Å²) in [4.78, 5) is 16.7. The number of hydrogen-bond acceptors (Lipinski definition) is 3. The molecule has 1 amide bonds. The van der Waals surface area contributed by atoms with Gasteiger partial charge in [-0.15, -0.1) is 0 Å². The van der Waals surface area contributed by atoms with Crippen LogP contribution in [-0.2, 0) is 11.4 Å². The molecule has 1 heterocycles. The normalized spacial score (nSPS) is 19.3. The largest absolute Gasteiger partial charge is 0.489 e. The third-order valence-electron chi connectivity index (χ3n) is 5.66. The average molecular weight is 407 g/mol. The maximum Gasteiger partial charge on any atom is 0.277 e. The number of rotatable bonds is 5. The van der Waals surface area contributed by atoms with Crippen LogP contribution < -0.4 is 4.74 Å². The van der Waals surface area contributed by atoms with E-state index in [4.69, 9.17) is 17.0 Å². The highest BCUT2D eigenvalue weighted by atomic mass is 32.1. The molecular weight excluding hydrogens is 380 g/mol. The lowest BCUT2D eigenvalue weighted by molar-refractivity contribution is -0.124. The molecule has 0 aromatic heterocycles. The van der Waals surface area contributed by atoms with Crippen LogP contribution in [0.2, 0.25) is 0 Å². The van der Waals surface area contributed by atoms with Crippen molar-refractivity contribution in [1.82, 2.24) is 9.80 Å². The van der Waals surface area contributed by atoms with Crippen LogP contribution >= 0.6 is 12.2 Å². The van der Waals surface area contributed by atoms with Crippen molar-refractivity contribution in [3.05, 3.63) is 71.4 Å². The smallest absolute Gasteiger partial charge is 0.277 e. The summed E-state index contributed by atoms with van der Waals surface area (Å²) in [6, 6.07) is 18.1. The van der Waals surface area contributed by atoms with Gasteiger partial charge in [-0.05, 0) is 54.4 Å². The molecule has 150 valence electrons. The fraction of sp³-hybridized carbons (Fsp3) is 0.333. The van der Waals surface area contributed by atoms with Gasteiger partial charge in [-0.25, -0.2) is 0 Å². The summed E-state index contributed by atoms with van der Waals surface area (Å²) >= 11 is 5.59. The van der Waals surface area contributed by atoms with Gasteiger partial charge in [0.2, 0.25) is 0 Å². The summed E-state index contributed by atoms with van der Waals surface area (Å²) in [7, 11) is 1.88. The molecule has 0 bridgehead atoms. The molecule has 1 aliphatic heterocycles. The van der Waals surface area contributed by atoms with Crippen molar-refractivity contribution in [3.63, 3.8) is 0 Å². The Labute approximate surface area is 177 Å². The van der Waals surface area contributed by atoms with E-state index in [1.807, 2.05) is 77.5 Å². The molecule has 29 heavy (non-hydrogen) atoms. The van der Waals surface area contributed by atoms with Crippen LogP contribution in [0.1, 0.15) is 43.2 Å². The minimum absolute atomic E-state index is 0.0220. The second-order valence-corrected chi connectivity index (χ2v) is 8.05. The zero-order valence-electron chi connectivity index (χ0n) is 16.7. The number of thiocarbonyl (C=S) groups is 1. The average Bonchev–Trinajstić information content (AvgIpc) is 2.98. The van der Waals surface area contributed by atoms with Crippen LogP contribution in [0.5, 0.6) is 5.75 Å². The van der Waals surface area contributed by atoms with Crippen LogP contribution in [0, 0.1) is 0 Å². The zero-order chi connectivity index (χ0) is 20.2. The van der Waals surface area contributed by atoms with Gasteiger partial charge in [0.25, 0.3) is 5.91 Å². The summed E-state index contributed by atoms with van der Waals surface area (Å²) in [5.41, 5.74) is 2.73. The molecule has 0 N–H and O–H groups in total. The van der Waals surface area contributed by atoms with Crippen LogP contribution in [0.4, 0.5) is 0 Å². The number of carbonyl (C=O) groups excluding carboxylic acids is 1. The van der Waals surface area contributed by atoms with Crippen molar-refractivity contribution in [2.24, 2.45) is 0 Å². The molecule has 1 saturated carbocycles. The van der Waals surface area contributed by atoms with Crippen LogP contribution in [-0.4, -0.2) is 33.9 Å². The molecule has 4 rings (SSSR count). The van der Waals surface area contributed by atoms with E-state index in [1.165, 1.54) is 19.3 Å². The molecule has 2 fully saturated rings. The molecule has 2 aliphatic rings. The molecule has 4 nitrogen and oxygen atoms in total. The molecular formula is C24H26N2O2S. The van der Waals surface area contributed by atoms with E-state index in [2.05, 4.69) is 0 Å². The second kappa shape index (κ2) is 8.78. The first kappa shape index (κ1) is 19.6. The van der Waals surface area contributed by atoms with Gasteiger partial charge in [0.1, 0.15) is 18.1 Å². The number of nitrogens with zero attached hydrogens (tertiary/aromatic N) is 2. The van der Waals surface area contributed by atoms with Crippen molar-refractivity contribution in [1.29, 1.82) is 0 Å². The second-order valence-electron chi connectivity index (χ2n) is 7.68. The Morgan fingerprint density at radius 1 is 1.03 bits per heavy atom. The van der Waals surface area contributed by atoms with E-state index in [9.17, 15) is 4.79 Å². The van der Waals surface area contributed by atoms with Gasteiger partial charge in [0.05, 0.1) is 0 Å². The Morgan fingerprint density at radius 2 is 1.72 bits per heavy atom. The van der Waals surface area contributed by atoms with Crippen molar-refractivity contribution in [3.8, 4) is 5.75 Å². The molecule has 1 saturated heterocycles. The van der Waals surface area contributed by atoms with E-state index in [0.29, 0.717) is 17.4 Å². The Kier molecular flexibility index (Phi) is 5.95. The van der Waals surface area contributed by atoms with Crippen molar-refractivity contribution >= 4 is 29.3 Å². The molecule has 2 aromatic rings. The lowest BCUT2D eigenvalue weighted by Gasteiger charge is -2.30. The molecule has 0 radical (unpaired) electrons. The van der Waals surface area contributed by atoms with Crippen LogP contribution in [0.25, 0.3) is 6.08 Å². The van der Waals surface area contributed by atoms with Crippen LogP contribution in [0.3, 0.4) is 0 Å². The summed E-state index contributed by atoms with van der Waals surface area (Å²) < 4.78 is 5.85. The summed E-state index contributed by atoms with van der Waals surface area (Å²) in [6.45, 7) is 0.535. The fourth-order valence-corrected chi connectivity index (χ4v) is 4.33. The monoisotopic (exact) mass is 406 g/mol. The minimum Gasteiger partial charge on any atom is -0.489 e. The van der Waals surface area contributed by atoms with E-state index < -0.39 is 0 Å². The van der Waals surface area contributed by atoms with Crippen molar-refractivity contribution in [2.75, 3.05) is 7.05 Å². The molecule has 0 atom stereocenters. The third-order valence-corrected chi connectivity index (χ3v) is 6.13. The number of ether oxygens (including phenoxy) is 1. The Bertz CT molecular complexity index is 902. The Balaban J connectivity index is 1.45. The van der Waals surface area contributed by atoms with E-state index in [1.54, 1.807) is 0 Å². The fourth-order valence-electron chi connectivity index (χ4n) is 4.00. The lowest BCUT2D eigenvalue weighted by Crippen LogP contribution is -2.41. The van der Waals surface area contributed by atoms with Crippen LogP contribution in [0.15, 0.2) is 60.3 Å².